The highest BCUT2D eigenvalue weighted by molar-refractivity contribution is 7.92. The Hall–Kier alpha value is -2.21. The molecule has 6 heteroatoms. The van der Waals surface area contributed by atoms with Gasteiger partial charge in [-0.1, -0.05) is 0 Å². The zero-order chi connectivity index (χ0) is 17.3. The SMILES string of the molecule is COc1ccc(S(=O)(=O)Nc2ccc3c(c2)CCCN3C)c(C)c1. The molecule has 0 saturated heterocycles. The van der Waals surface area contributed by atoms with Crippen LogP contribution in [-0.2, 0) is 16.4 Å². The van der Waals surface area contributed by atoms with E-state index in [9.17, 15) is 8.42 Å². The largest absolute Gasteiger partial charge is 0.497 e. The van der Waals surface area contributed by atoms with Crippen molar-refractivity contribution in [2.24, 2.45) is 0 Å². The van der Waals surface area contributed by atoms with Gasteiger partial charge in [0.25, 0.3) is 10.0 Å². The third-order valence-corrected chi connectivity index (χ3v) is 5.90. The van der Waals surface area contributed by atoms with E-state index in [1.165, 1.54) is 11.3 Å². The molecule has 0 saturated carbocycles. The summed E-state index contributed by atoms with van der Waals surface area (Å²) in [7, 11) is -0.00927. The van der Waals surface area contributed by atoms with Gasteiger partial charge >= 0.3 is 0 Å². The van der Waals surface area contributed by atoms with Gasteiger partial charge in [-0.15, -0.1) is 0 Å². The second-order valence-electron chi connectivity index (χ2n) is 6.11. The van der Waals surface area contributed by atoms with Gasteiger partial charge in [-0.3, -0.25) is 4.72 Å². The topological polar surface area (TPSA) is 58.6 Å². The molecule has 3 rings (SSSR count). The van der Waals surface area contributed by atoms with E-state index in [-0.39, 0.29) is 4.90 Å². The molecule has 2 aromatic rings. The Morgan fingerprint density at radius 2 is 1.96 bits per heavy atom. The Morgan fingerprint density at radius 1 is 1.17 bits per heavy atom. The molecule has 1 heterocycles. The minimum absolute atomic E-state index is 0.262. The summed E-state index contributed by atoms with van der Waals surface area (Å²) in [5.74, 6) is 0.642. The predicted molar refractivity (Wildman–Crippen MR) is 96.6 cm³/mol. The van der Waals surface area contributed by atoms with Crippen molar-refractivity contribution in [1.82, 2.24) is 0 Å². The molecule has 5 nitrogen and oxygen atoms in total. The Balaban J connectivity index is 1.90. The molecule has 0 bridgehead atoms. The van der Waals surface area contributed by atoms with Gasteiger partial charge in [-0.05, 0) is 67.3 Å². The van der Waals surface area contributed by atoms with E-state index in [1.807, 2.05) is 18.2 Å². The molecule has 0 amide bonds. The predicted octanol–water partition coefficient (Wildman–Crippen LogP) is 3.19. The van der Waals surface area contributed by atoms with Gasteiger partial charge in [-0.25, -0.2) is 8.42 Å². The molecule has 1 aliphatic rings. The molecular weight excluding hydrogens is 324 g/mol. The summed E-state index contributed by atoms with van der Waals surface area (Å²) in [5.41, 5.74) is 3.60. The summed E-state index contributed by atoms with van der Waals surface area (Å²) >= 11 is 0. The smallest absolute Gasteiger partial charge is 0.262 e. The zero-order valence-electron chi connectivity index (χ0n) is 14.2. The maximum absolute atomic E-state index is 12.7. The van der Waals surface area contributed by atoms with E-state index in [2.05, 4.69) is 16.7 Å². The molecule has 0 unspecified atom stereocenters. The van der Waals surface area contributed by atoms with Crippen molar-refractivity contribution in [3.8, 4) is 5.75 Å². The molecule has 1 N–H and O–H groups in total. The second kappa shape index (κ2) is 6.36. The number of hydrogen-bond acceptors (Lipinski definition) is 4. The number of methoxy groups -OCH3 is 1. The Morgan fingerprint density at radius 3 is 2.67 bits per heavy atom. The van der Waals surface area contributed by atoms with Crippen molar-refractivity contribution in [2.45, 2.75) is 24.7 Å². The van der Waals surface area contributed by atoms with Crippen LogP contribution in [0.25, 0.3) is 0 Å². The molecule has 0 radical (unpaired) electrons. The third kappa shape index (κ3) is 3.19. The number of nitrogens with zero attached hydrogens (tertiary/aromatic N) is 1. The summed E-state index contributed by atoms with van der Waals surface area (Å²) in [6, 6.07) is 10.7. The first-order valence-electron chi connectivity index (χ1n) is 7.92. The minimum atomic E-state index is -3.63. The second-order valence-corrected chi connectivity index (χ2v) is 7.76. The maximum atomic E-state index is 12.7. The molecule has 0 aliphatic carbocycles. The fourth-order valence-electron chi connectivity index (χ4n) is 3.11. The average Bonchev–Trinajstić information content (AvgIpc) is 2.54. The molecule has 1 aliphatic heterocycles. The number of ether oxygens (including phenoxy) is 1. The van der Waals surface area contributed by atoms with Crippen molar-refractivity contribution in [3.63, 3.8) is 0 Å². The van der Waals surface area contributed by atoms with Crippen molar-refractivity contribution in [3.05, 3.63) is 47.5 Å². The van der Waals surface area contributed by atoms with Crippen LogP contribution in [0.4, 0.5) is 11.4 Å². The lowest BCUT2D eigenvalue weighted by Gasteiger charge is -2.27. The zero-order valence-corrected chi connectivity index (χ0v) is 15.0. The number of benzene rings is 2. The van der Waals surface area contributed by atoms with E-state index in [1.54, 1.807) is 32.2 Å². The van der Waals surface area contributed by atoms with Crippen molar-refractivity contribution < 1.29 is 13.2 Å². The van der Waals surface area contributed by atoms with E-state index in [4.69, 9.17) is 4.74 Å². The highest BCUT2D eigenvalue weighted by atomic mass is 32.2. The van der Waals surface area contributed by atoms with Gasteiger partial charge in [0.2, 0.25) is 0 Å². The van der Waals surface area contributed by atoms with Gasteiger partial charge in [0.15, 0.2) is 0 Å². The summed E-state index contributed by atoms with van der Waals surface area (Å²) in [4.78, 5) is 2.46. The van der Waals surface area contributed by atoms with E-state index >= 15 is 0 Å². The number of aryl methyl sites for hydroxylation is 2. The number of fused-ring (bicyclic) bond motifs is 1. The molecule has 0 spiro atoms. The van der Waals surface area contributed by atoms with Crippen LogP contribution in [0.3, 0.4) is 0 Å². The Bertz CT molecular complexity index is 863. The molecule has 0 aromatic heterocycles. The van der Waals surface area contributed by atoms with Crippen LogP contribution in [0.15, 0.2) is 41.3 Å². The van der Waals surface area contributed by atoms with Gasteiger partial charge < -0.3 is 9.64 Å². The monoisotopic (exact) mass is 346 g/mol. The summed E-state index contributed by atoms with van der Waals surface area (Å²) in [6.45, 7) is 2.79. The summed E-state index contributed by atoms with van der Waals surface area (Å²) in [5, 5.41) is 0. The molecule has 128 valence electrons. The maximum Gasteiger partial charge on any atom is 0.262 e. The van der Waals surface area contributed by atoms with Gasteiger partial charge in [0, 0.05) is 25.0 Å². The van der Waals surface area contributed by atoms with E-state index in [0.717, 1.165) is 19.4 Å². The number of sulfonamides is 1. The fraction of sp³-hybridized carbons (Fsp3) is 0.333. The molecular formula is C18H22N2O3S. The Kier molecular flexibility index (Phi) is 4.41. The lowest BCUT2D eigenvalue weighted by Crippen LogP contribution is -2.24. The van der Waals surface area contributed by atoms with Gasteiger partial charge in [-0.2, -0.15) is 0 Å². The van der Waals surface area contributed by atoms with Crippen LogP contribution in [0.5, 0.6) is 5.75 Å². The summed E-state index contributed by atoms with van der Waals surface area (Å²) < 4.78 is 33.2. The first kappa shape index (κ1) is 16.6. The first-order valence-corrected chi connectivity index (χ1v) is 9.40. The first-order chi connectivity index (χ1) is 11.4. The Labute approximate surface area is 143 Å². The third-order valence-electron chi connectivity index (χ3n) is 4.35. The highest BCUT2D eigenvalue weighted by Gasteiger charge is 2.19. The van der Waals surface area contributed by atoms with E-state index < -0.39 is 10.0 Å². The quantitative estimate of drug-likeness (QED) is 0.924. The molecule has 0 atom stereocenters. The van der Waals surface area contributed by atoms with Crippen molar-refractivity contribution in [1.29, 1.82) is 0 Å². The van der Waals surface area contributed by atoms with Crippen LogP contribution in [-0.4, -0.2) is 29.1 Å². The average molecular weight is 346 g/mol. The van der Waals surface area contributed by atoms with Crippen molar-refractivity contribution in [2.75, 3.05) is 30.3 Å². The van der Waals surface area contributed by atoms with E-state index in [0.29, 0.717) is 17.0 Å². The van der Waals surface area contributed by atoms with Crippen LogP contribution < -0.4 is 14.4 Å². The van der Waals surface area contributed by atoms with Gasteiger partial charge in [0.1, 0.15) is 5.75 Å². The lowest BCUT2D eigenvalue weighted by atomic mass is 10.0. The highest BCUT2D eigenvalue weighted by Crippen LogP contribution is 2.30. The normalized spacial score (nSPS) is 14.2. The minimum Gasteiger partial charge on any atom is -0.497 e. The van der Waals surface area contributed by atoms with Crippen LogP contribution in [0, 0.1) is 6.92 Å². The number of hydrogen-bond donors (Lipinski definition) is 1. The fourth-order valence-corrected chi connectivity index (χ4v) is 4.39. The van der Waals surface area contributed by atoms with Crippen LogP contribution in [0.2, 0.25) is 0 Å². The number of nitrogens with one attached hydrogen (secondary N) is 1. The lowest BCUT2D eigenvalue weighted by molar-refractivity contribution is 0.414. The molecule has 24 heavy (non-hydrogen) atoms. The standard InChI is InChI=1S/C18H22N2O3S/c1-13-11-16(23-3)7-9-18(13)24(21,22)19-15-6-8-17-14(12-15)5-4-10-20(17)2/h6-9,11-12,19H,4-5,10H2,1-3H3. The molecule has 0 fully saturated rings. The van der Waals surface area contributed by atoms with Crippen molar-refractivity contribution >= 4 is 21.4 Å². The number of rotatable bonds is 4. The summed E-state index contributed by atoms with van der Waals surface area (Å²) in [6.07, 6.45) is 2.05. The van der Waals surface area contributed by atoms with Gasteiger partial charge in [0.05, 0.1) is 12.0 Å². The van der Waals surface area contributed by atoms with Crippen LogP contribution in [0.1, 0.15) is 17.5 Å². The molecule has 2 aromatic carbocycles. The van der Waals surface area contributed by atoms with Crippen LogP contribution >= 0.6 is 0 Å². The number of anilines is 2.